The van der Waals surface area contributed by atoms with E-state index in [1.54, 1.807) is 12.1 Å². The van der Waals surface area contributed by atoms with Gasteiger partial charge in [-0.05, 0) is 42.8 Å². The van der Waals surface area contributed by atoms with E-state index in [9.17, 15) is 4.79 Å². The first-order valence-corrected chi connectivity index (χ1v) is 7.91. The van der Waals surface area contributed by atoms with Crippen molar-refractivity contribution < 1.29 is 9.53 Å². The maximum atomic E-state index is 11.8. The Kier molecular flexibility index (Phi) is 6.10. The van der Waals surface area contributed by atoms with Crippen LogP contribution in [0.3, 0.4) is 0 Å². The van der Waals surface area contributed by atoms with Crippen LogP contribution < -0.4 is 15.4 Å². The number of para-hydroxylation sites is 1. The Labute approximate surface area is 142 Å². The molecule has 0 aliphatic carbocycles. The largest absolute Gasteiger partial charge is 0.490 e. The van der Waals surface area contributed by atoms with Gasteiger partial charge in [-0.3, -0.25) is 0 Å². The molecule has 0 fully saturated rings. The van der Waals surface area contributed by atoms with Gasteiger partial charge in [-0.1, -0.05) is 39.7 Å². The molecular formula is C16H16BrClN2O2. The molecule has 0 atom stereocenters. The topological polar surface area (TPSA) is 50.4 Å². The normalized spacial score (nSPS) is 10.1. The van der Waals surface area contributed by atoms with Gasteiger partial charge in [0.15, 0.2) is 0 Å². The van der Waals surface area contributed by atoms with Gasteiger partial charge in [0, 0.05) is 10.2 Å². The number of amides is 2. The number of ether oxygens (including phenoxy) is 1. The summed E-state index contributed by atoms with van der Waals surface area (Å²) in [6.07, 6.45) is 0. The van der Waals surface area contributed by atoms with Gasteiger partial charge in [0.25, 0.3) is 0 Å². The van der Waals surface area contributed by atoms with Crippen LogP contribution in [0.5, 0.6) is 5.75 Å². The fourth-order valence-electron chi connectivity index (χ4n) is 1.82. The average Bonchev–Trinajstić information content (AvgIpc) is 2.48. The Hall–Kier alpha value is -1.72. The highest BCUT2D eigenvalue weighted by Crippen LogP contribution is 2.22. The van der Waals surface area contributed by atoms with Crippen molar-refractivity contribution in [2.45, 2.75) is 6.92 Å². The molecule has 22 heavy (non-hydrogen) atoms. The van der Waals surface area contributed by atoms with E-state index in [2.05, 4.69) is 26.6 Å². The average molecular weight is 384 g/mol. The molecule has 0 aliphatic heterocycles. The number of hydrogen-bond donors (Lipinski definition) is 2. The van der Waals surface area contributed by atoms with Gasteiger partial charge in [0.1, 0.15) is 12.4 Å². The van der Waals surface area contributed by atoms with Crippen molar-refractivity contribution in [3.63, 3.8) is 0 Å². The minimum atomic E-state index is -0.270. The second kappa shape index (κ2) is 8.06. The van der Waals surface area contributed by atoms with Gasteiger partial charge >= 0.3 is 6.03 Å². The van der Waals surface area contributed by atoms with E-state index in [1.165, 1.54) is 0 Å². The van der Waals surface area contributed by atoms with Crippen LogP contribution >= 0.6 is 27.5 Å². The monoisotopic (exact) mass is 382 g/mol. The molecule has 0 spiro atoms. The van der Waals surface area contributed by atoms with Crippen LogP contribution in [-0.2, 0) is 0 Å². The number of aryl methyl sites for hydroxylation is 1. The molecule has 116 valence electrons. The molecule has 0 unspecified atom stereocenters. The SMILES string of the molecule is Cc1cc(Br)ccc1NC(=O)NCCOc1ccccc1Cl. The van der Waals surface area contributed by atoms with Crippen molar-refractivity contribution in [1.82, 2.24) is 5.32 Å². The second-order valence-corrected chi connectivity index (χ2v) is 5.94. The van der Waals surface area contributed by atoms with Gasteiger partial charge in [-0.15, -0.1) is 0 Å². The minimum absolute atomic E-state index is 0.270. The summed E-state index contributed by atoms with van der Waals surface area (Å²) in [5.41, 5.74) is 1.75. The highest BCUT2D eigenvalue weighted by atomic mass is 79.9. The summed E-state index contributed by atoms with van der Waals surface area (Å²) in [6.45, 7) is 2.66. The highest BCUT2D eigenvalue weighted by molar-refractivity contribution is 9.10. The molecule has 0 bridgehead atoms. The molecule has 2 aromatic rings. The predicted octanol–water partition coefficient (Wildman–Crippen LogP) is 4.61. The van der Waals surface area contributed by atoms with E-state index in [4.69, 9.17) is 16.3 Å². The van der Waals surface area contributed by atoms with Crippen molar-refractivity contribution in [1.29, 1.82) is 0 Å². The van der Waals surface area contributed by atoms with E-state index >= 15 is 0 Å². The highest BCUT2D eigenvalue weighted by Gasteiger charge is 2.05. The lowest BCUT2D eigenvalue weighted by atomic mass is 10.2. The number of carbonyl (C=O) groups excluding carboxylic acids is 1. The summed E-state index contributed by atoms with van der Waals surface area (Å²) in [4.78, 5) is 11.8. The van der Waals surface area contributed by atoms with Gasteiger partial charge in [0.2, 0.25) is 0 Å². The summed E-state index contributed by atoms with van der Waals surface area (Å²) in [7, 11) is 0. The number of carbonyl (C=O) groups is 1. The van der Waals surface area contributed by atoms with Crippen LogP contribution in [0.15, 0.2) is 46.9 Å². The van der Waals surface area contributed by atoms with Gasteiger partial charge in [-0.2, -0.15) is 0 Å². The Bertz CT molecular complexity index is 664. The maximum Gasteiger partial charge on any atom is 0.319 e. The summed E-state index contributed by atoms with van der Waals surface area (Å²) in [5.74, 6) is 0.607. The van der Waals surface area contributed by atoms with E-state index in [1.807, 2.05) is 37.3 Å². The fourth-order valence-corrected chi connectivity index (χ4v) is 2.49. The van der Waals surface area contributed by atoms with Crippen molar-refractivity contribution in [3.05, 3.63) is 57.5 Å². The molecule has 2 N–H and O–H groups in total. The number of nitrogens with one attached hydrogen (secondary N) is 2. The lowest BCUT2D eigenvalue weighted by Gasteiger charge is -2.11. The van der Waals surface area contributed by atoms with Crippen LogP contribution in [0, 0.1) is 6.92 Å². The molecule has 0 aromatic heterocycles. The van der Waals surface area contributed by atoms with Crippen molar-refractivity contribution in [2.75, 3.05) is 18.5 Å². The van der Waals surface area contributed by atoms with Crippen molar-refractivity contribution >= 4 is 39.2 Å². The number of urea groups is 1. The first-order valence-electron chi connectivity index (χ1n) is 6.74. The zero-order valence-corrected chi connectivity index (χ0v) is 14.4. The van der Waals surface area contributed by atoms with E-state index in [0.717, 1.165) is 15.7 Å². The molecule has 0 saturated carbocycles. The van der Waals surface area contributed by atoms with Crippen LogP contribution in [0.2, 0.25) is 5.02 Å². The Morgan fingerprint density at radius 3 is 2.77 bits per heavy atom. The third-order valence-electron chi connectivity index (χ3n) is 2.92. The number of anilines is 1. The molecule has 6 heteroatoms. The van der Waals surface area contributed by atoms with Crippen LogP contribution in [0.25, 0.3) is 0 Å². The van der Waals surface area contributed by atoms with Gasteiger partial charge in [-0.25, -0.2) is 4.79 Å². The Balaban J connectivity index is 1.75. The lowest BCUT2D eigenvalue weighted by Crippen LogP contribution is -2.32. The predicted molar refractivity (Wildman–Crippen MR) is 92.8 cm³/mol. The molecule has 2 rings (SSSR count). The van der Waals surface area contributed by atoms with E-state index < -0.39 is 0 Å². The summed E-state index contributed by atoms with van der Waals surface area (Å²) in [5, 5.41) is 6.08. The molecule has 2 aromatic carbocycles. The third-order valence-corrected chi connectivity index (χ3v) is 3.72. The smallest absolute Gasteiger partial charge is 0.319 e. The molecule has 2 amide bonds. The molecular weight excluding hydrogens is 368 g/mol. The zero-order valence-electron chi connectivity index (χ0n) is 12.0. The van der Waals surface area contributed by atoms with E-state index in [0.29, 0.717) is 23.9 Å². The molecule has 0 aliphatic rings. The van der Waals surface area contributed by atoms with Crippen LogP contribution in [-0.4, -0.2) is 19.2 Å². The molecule has 0 saturated heterocycles. The standard InChI is InChI=1S/C16H16BrClN2O2/c1-11-10-12(17)6-7-14(11)20-16(21)19-8-9-22-15-5-3-2-4-13(15)18/h2-7,10H,8-9H2,1H3,(H2,19,20,21). The summed E-state index contributed by atoms with van der Waals surface area (Å²) < 4.78 is 6.47. The summed E-state index contributed by atoms with van der Waals surface area (Å²) in [6, 6.07) is 12.6. The maximum absolute atomic E-state index is 11.8. The van der Waals surface area contributed by atoms with Crippen LogP contribution in [0.1, 0.15) is 5.56 Å². The second-order valence-electron chi connectivity index (χ2n) is 4.62. The molecule has 4 nitrogen and oxygen atoms in total. The first kappa shape index (κ1) is 16.6. The number of benzene rings is 2. The molecule has 0 radical (unpaired) electrons. The summed E-state index contributed by atoms with van der Waals surface area (Å²) >= 11 is 9.36. The first-order chi connectivity index (χ1) is 10.6. The zero-order chi connectivity index (χ0) is 15.9. The van der Waals surface area contributed by atoms with Gasteiger partial charge < -0.3 is 15.4 Å². The fraction of sp³-hybridized carbons (Fsp3) is 0.188. The molecule has 0 heterocycles. The third kappa shape index (κ3) is 4.93. The quantitative estimate of drug-likeness (QED) is 0.741. The Morgan fingerprint density at radius 2 is 2.05 bits per heavy atom. The van der Waals surface area contributed by atoms with Crippen molar-refractivity contribution in [3.8, 4) is 5.75 Å². The van der Waals surface area contributed by atoms with E-state index in [-0.39, 0.29) is 6.03 Å². The minimum Gasteiger partial charge on any atom is -0.490 e. The van der Waals surface area contributed by atoms with Crippen LogP contribution in [0.4, 0.5) is 10.5 Å². The lowest BCUT2D eigenvalue weighted by molar-refractivity contribution is 0.247. The Morgan fingerprint density at radius 1 is 1.27 bits per heavy atom. The van der Waals surface area contributed by atoms with Crippen molar-refractivity contribution in [2.24, 2.45) is 0 Å². The number of hydrogen-bond acceptors (Lipinski definition) is 2. The van der Waals surface area contributed by atoms with Gasteiger partial charge in [0.05, 0.1) is 11.6 Å². The number of rotatable bonds is 5. The number of halogens is 2.